The summed E-state index contributed by atoms with van der Waals surface area (Å²) < 4.78 is 43.0. The fourth-order valence-electron chi connectivity index (χ4n) is 2.09. The van der Waals surface area contributed by atoms with E-state index in [2.05, 4.69) is 4.98 Å². The average molecular weight is 303 g/mol. The van der Waals surface area contributed by atoms with Crippen LogP contribution in [0.1, 0.15) is 11.1 Å². The lowest BCUT2D eigenvalue weighted by Gasteiger charge is -2.09. The third-order valence-corrected chi connectivity index (χ3v) is 3.26. The first-order valence-corrected chi connectivity index (χ1v) is 6.66. The van der Waals surface area contributed by atoms with Crippen molar-refractivity contribution in [1.29, 1.82) is 0 Å². The lowest BCUT2D eigenvalue weighted by atomic mass is 10.1. The van der Waals surface area contributed by atoms with Gasteiger partial charge in [0.05, 0.1) is 11.1 Å². The van der Waals surface area contributed by atoms with Crippen molar-refractivity contribution in [3.05, 3.63) is 71.9 Å². The van der Waals surface area contributed by atoms with E-state index in [1.54, 1.807) is 12.3 Å². The second kappa shape index (κ2) is 5.67. The summed E-state index contributed by atoms with van der Waals surface area (Å²) in [5.41, 5.74) is 0.827. The Hall–Kier alpha value is -2.56. The van der Waals surface area contributed by atoms with Crippen LogP contribution in [0.4, 0.5) is 13.2 Å². The van der Waals surface area contributed by atoms with Gasteiger partial charge in [-0.15, -0.1) is 0 Å². The van der Waals surface area contributed by atoms with Crippen molar-refractivity contribution >= 4 is 10.9 Å². The highest BCUT2D eigenvalue weighted by atomic mass is 19.4. The highest BCUT2D eigenvalue weighted by Crippen LogP contribution is 2.29. The van der Waals surface area contributed by atoms with Crippen molar-refractivity contribution in [1.82, 2.24) is 4.98 Å². The maximum atomic E-state index is 12.5. The van der Waals surface area contributed by atoms with Gasteiger partial charge in [0.15, 0.2) is 0 Å². The van der Waals surface area contributed by atoms with Gasteiger partial charge in [-0.3, -0.25) is 4.98 Å². The molecule has 3 rings (SSSR count). The molecular weight excluding hydrogens is 291 g/mol. The highest BCUT2D eigenvalue weighted by molar-refractivity contribution is 5.79. The lowest BCUT2D eigenvalue weighted by Crippen LogP contribution is -2.05. The summed E-state index contributed by atoms with van der Waals surface area (Å²) in [6, 6.07) is 14.3. The van der Waals surface area contributed by atoms with Crippen LogP contribution in [-0.2, 0) is 12.8 Å². The van der Waals surface area contributed by atoms with Crippen molar-refractivity contribution < 1.29 is 17.9 Å². The molecule has 0 aliphatic carbocycles. The minimum Gasteiger partial charge on any atom is -0.489 e. The quantitative estimate of drug-likeness (QED) is 0.691. The van der Waals surface area contributed by atoms with Gasteiger partial charge in [0.1, 0.15) is 12.4 Å². The van der Waals surface area contributed by atoms with Crippen LogP contribution < -0.4 is 4.74 Å². The minimum atomic E-state index is -4.32. The molecule has 0 atom stereocenters. The monoisotopic (exact) mass is 303 g/mol. The van der Waals surface area contributed by atoms with Crippen LogP contribution in [0.2, 0.25) is 0 Å². The predicted octanol–water partition coefficient (Wildman–Crippen LogP) is 4.83. The van der Waals surface area contributed by atoms with Crippen molar-refractivity contribution in [3.8, 4) is 5.75 Å². The van der Waals surface area contributed by atoms with E-state index in [1.165, 1.54) is 12.1 Å². The maximum absolute atomic E-state index is 12.5. The Morgan fingerprint density at radius 2 is 1.73 bits per heavy atom. The van der Waals surface area contributed by atoms with Crippen LogP contribution in [0.25, 0.3) is 10.9 Å². The van der Waals surface area contributed by atoms with Crippen LogP contribution in [0, 0.1) is 0 Å². The number of ether oxygens (including phenoxy) is 1. The molecule has 5 heteroatoms. The number of fused-ring (bicyclic) bond motifs is 1. The Bertz CT molecular complexity index is 782. The van der Waals surface area contributed by atoms with E-state index in [0.29, 0.717) is 11.3 Å². The largest absolute Gasteiger partial charge is 0.489 e. The summed E-state index contributed by atoms with van der Waals surface area (Å²) in [4.78, 5) is 4.23. The van der Waals surface area contributed by atoms with Gasteiger partial charge >= 0.3 is 6.18 Å². The number of rotatable bonds is 3. The molecule has 0 bridgehead atoms. The summed E-state index contributed by atoms with van der Waals surface area (Å²) in [6.07, 6.45) is -2.62. The standard InChI is InChI=1S/C17H12F3NO/c18-17(19,20)14-6-3-12(4-7-14)11-22-15-8-5-13-2-1-9-21-16(13)10-15/h1-10H,11H2. The Labute approximate surface area is 125 Å². The smallest absolute Gasteiger partial charge is 0.416 e. The summed E-state index contributed by atoms with van der Waals surface area (Å²) in [6.45, 7) is 0.205. The normalized spacial score (nSPS) is 11.6. The topological polar surface area (TPSA) is 22.1 Å². The Balaban J connectivity index is 1.71. The van der Waals surface area contributed by atoms with Gasteiger partial charge in [-0.1, -0.05) is 18.2 Å². The van der Waals surface area contributed by atoms with Crippen LogP contribution in [0.3, 0.4) is 0 Å². The summed E-state index contributed by atoms with van der Waals surface area (Å²) in [5.74, 6) is 0.631. The Morgan fingerprint density at radius 1 is 0.955 bits per heavy atom. The van der Waals surface area contributed by atoms with Gasteiger partial charge < -0.3 is 4.74 Å². The molecule has 0 saturated carbocycles. The summed E-state index contributed by atoms with van der Waals surface area (Å²) >= 11 is 0. The lowest BCUT2D eigenvalue weighted by molar-refractivity contribution is -0.137. The Morgan fingerprint density at radius 3 is 2.45 bits per heavy atom. The van der Waals surface area contributed by atoms with Crippen LogP contribution in [0.5, 0.6) is 5.75 Å². The summed E-state index contributed by atoms with van der Waals surface area (Å²) in [5, 5.41) is 1.00. The summed E-state index contributed by atoms with van der Waals surface area (Å²) in [7, 11) is 0. The highest BCUT2D eigenvalue weighted by Gasteiger charge is 2.29. The third-order valence-electron chi connectivity index (χ3n) is 3.26. The van der Waals surface area contributed by atoms with E-state index in [4.69, 9.17) is 4.74 Å². The van der Waals surface area contributed by atoms with Crippen molar-refractivity contribution in [2.45, 2.75) is 12.8 Å². The molecule has 0 aliphatic rings. The SMILES string of the molecule is FC(F)(F)c1ccc(COc2ccc3cccnc3c2)cc1. The van der Waals surface area contributed by atoms with E-state index in [1.807, 2.05) is 24.3 Å². The molecule has 0 spiro atoms. The van der Waals surface area contributed by atoms with Crippen molar-refractivity contribution in [2.24, 2.45) is 0 Å². The van der Waals surface area contributed by atoms with E-state index >= 15 is 0 Å². The van der Waals surface area contributed by atoms with Gasteiger partial charge in [0, 0.05) is 17.6 Å². The van der Waals surface area contributed by atoms with Crippen LogP contribution in [-0.4, -0.2) is 4.98 Å². The van der Waals surface area contributed by atoms with Gasteiger partial charge in [0.25, 0.3) is 0 Å². The molecule has 3 aromatic rings. The van der Waals surface area contributed by atoms with Gasteiger partial charge in [0.2, 0.25) is 0 Å². The molecule has 0 fully saturated rings. The number of nitrogens with zero attached hydrogens (tertiary/aromatic N) is 1. The Kier molecular flexibility index (Phi) is 3.71. The second-order valence-electron chi connectivity index (χ2n) is 4.84. The zero-order valence-electron chi connectivity index (χ0n) is 11.5. The number of halogens is 3. The fraction of sp³-hybridized carbons (Fsp3) is 0.118. The van der Waals surface area contributed by atoms with E-state index in [9.17, 15) is 13.2 Å². The van der Waals surface area contributed by atoms with Gasteiger partial charge in [-0.2, -0.15) is 13.2 Å². The predicted molar refractivity (Wildman–Crippen MR) is 77.5 cm³/mol. The fourth-order valence-corrected chi connectivity index (χ4v) is 2.09. The first kappa shape index (κ1) is 14.4. The molecule has 0 N–H and O–H groups in total. The molecule has 0 aliphatic heterocycles. The number of benzene rings is 2. The number of pyridine rings is 1. The number of hydrogen-bond acceptors (Lipinski definition) is 2. The number of alkyl halides is 3. The average Bonchev–Trinajstić information content (AvgIpc) is 2.52. The van der Waals surface area contributed by atoms with Crippen molar-refractivity contribution in [3.63, 3.8) is 0 Å². The van der Waals surface area contributed by atoms with E-state index in [-0.39, 0.29) is 6.61 Å². The van der Waals surface area contributed by atoms with Gasteiger partial charge in [-0.05, 0) is 35.9 Å². The molecule has 0 radical (unpaired) electrons. The van der Waals surface area contributed by atoms with E-state index < -0.39 is 11.7 Å². The van der Waals surface area contributed by atoms with Gasteiger partial charge in [-0.25, -0.2) is 0 Å². The maximum Gasteiger partial charge on any atom is 0.416 e. The zero-order chi connectivity index (χ0) is 15.6. The molecule has 0 unspecified atom stereocenters. The third kappa shape index (κ3) is 3.19. The molecule has 112 valence electrons. The molecule has 0 amide bonds. The van der Waals surface area contributed by atoms with E-state index in [0.717, 1.165) is 23.0 Å². The number of aromatic nitrogens is 1. The van der Waals surface area contributed by atoms with Crippen molar-refractivity contribution in [2.75, 3.05) is 0 Å². The molecular formula is C17H12F3NO. The first-order valence-electron chi connectivity index (χ1n) is 6.66. The second-order valence-corrected chi connectivity index (χ2v) is 4.84. The molecule has 1 heterocycles. The molecule has 22 heavy (non-hydrogen) atoms. The molecule has 0 saturated heterocycles. The zero-order valence-corrected chi connectivity index (χ0v) is 11.5. The minimum absolute atomic E-state index is 0.205. The molecule has 2 aromatic carbocycles. The number of hydrogen-bond donors (Lipinski definition) is 0. The first-order chi connectivity index (χ1) is 10.5. The molecule has 1 aromatic heterocycles. The molecule has 2 nitrogen and oxygen atoms in total. The van der Waals surface area contributed by atoms with Crippen LogP contribution >= 0.6 is 0 Å². The van der Waals surface area contributed by atoms with Crippen LogP contribution in [0.15, 0.2) is 60.8 Å².